The summed E-state index contributed by atoms with van der Waals surface area (Å²) in [6, 6.07) is 8.48. The molecule has 0 N–H and O–H groups in total. The van der Waals surface area contributed by atoms with Crippen LogP contribution in [0.4, 0.5) is 0 Å². The van der Waals surface area contributed by atoms with Crippen LogP contribution in [0.2, 0.25) is 0 Å². The standard InChI is InChI=1S/C22H28N2O7S2/c1-29-18-10-16(11-19(12-18)30-2)13-23(15-20(25)31-3)22(26)17-6-4-8-24(14-17)33(27,28)21-7-5-9-32-21/h5,7,9-12,17H,4,6,8,13-15H2,1-3H3. The SMILES string of the molecule is COC(=O)CN(Cc1cc(OC)cc(OC)c1)C(=O)C1CCCN(S(=O)(=O)c2cccs2)C1. The fourth-order valence-corrected chi connectivity index (χ4v) is 6.44. The predicted molar refractivity (Wildman–Crippen MR) is 123 cm³/mol. The molecule has 3 rings (SSSR count). The van der Waals surface area contributed by atoms with E-state index in [-0.39, 0.29) is 29.8 Å². The lowest BCUT2D eigenvalue weighted by Gasteiger charge is -2.34. The molecule has 1 aromatic carbocycles. The third-order valence-electron chi connectivity index (χ3n) is 5.47. The summed E-state index contributed by atoms with van der Waals surface area (Å²) < 4.78 is 42.9. The molecule has 0 radical (unpaired) electrons. The predicted octanol–water partition coefficient (Wildman–Crippen LogP) is 2.37. The van der Waals surface area contributed by atoms with Crippen LogP contribution in [0.15, 0.2) is 39.9 Å². The Labute approximate surface area is 197 Å². The average Bonchev–Trinajstić information content (AvgIpc) is 3.39. The first-order chi connectivity index (χ1) is 15.8. The molecule has 2 heterocycles. The summed E-state index contributed by atoms with van der Waals surface area (Å²) >= 11 is 1.15. The number of rotatable bonds is 9. The fraction of sp³-hybridized carbons (Fsp3) is 0.455. The molecule has 1 amide bonds. The molecule has 1 saturated heterocycles. The van der Waals surface area contributed by atoms with Crippen molar-refractivity contribution in [1.82, 2.24) is 9.21 Å². The zero-order valence-electron chi connectivity index (χ0n) is 18.9. The summed E-state index contributed by atoms with van der Waals surface area (Å²) in [7, 11) is 0.657. The van der Waals surface area contributed by atoms with Gasteiger partial charge in [0.05, 0.1) is 27.2 Å². The molecule has 11 heteroatoms. The van der Waals surface area contributed by atoms with Gasteiger partial charge in [-0.25, -0.2) is 8.42 Å². The summed E-state index contributed by atoms with van der Waals surface area (Å²) in [6.07, 6.45) is 1.09. The number of hydrogen-bond donors (Lipinski definition) is 0. The molecule has 0 bridgehead atoms. The Kier molecular flexibility index (Phi) is 8.33. The Morgan fingerprint density at radius 1 is 1.15 bits per heavy atom. The van der Waals surface area contributed by atoms with Gasteiger partial charge >= 0.3 is 5.97 Å². The minimum absolute atomic E-state index is 0.0676. The van der Waals surface area contributed by atoms with Gasteiger partial charge < -0.3 is 19.1 Å². The maximum absolute atomic E-state index is 13.5. The monoisotopic (exact) mass is 496 g/mol. The van der Waals surface area contributed by atoms with Crippen molar-refractivity contribution in [3.05, 3.63) is 41.3 Å². The second kappa shape index (κ2) is 11.0. The number of sulfonamides is 1. The first-order valence-electron chi connectivity index (χ1n) is 10.4. The van der Waals surface area contributed by atoms with Crippen molar-refractivity contribution in [2.45, 2.75) is 23.6 Å². The summed E-state index contributed by atoms with van der Waals surface area (Å²) in [5.41, 5.74) is 0.710. The van der Waals surface area contributed by atoms with Gasteiger partial charge in [-0.05, 0) is 42.0 Å². The second-order valence-corrected chi connectivity index (χ2v) is 10.7. The van der Waals surface area contributed by atoms with Crippen LogP contribution in [-0.2, 0) is 30.9 Å². The highest BCUT2D eigenvalue weighted by molar-refractivity contribution is 7.91. The van der Waals surface area contributed by atoms with Crippen LogP contribution >= 0.6 is 11.3 Å². The molecule has 1 atom stereocenters. The Morgan fingerprint density at radius 3 is 2.42 bits per heavy atom. The van der Waals surface area contributed by atoms with E-state index in [0.29, 0.717) is 36.4 Å². The van der Waals surface area contributed by atoms with E-state index in [9.17, 15) is 18.0 Å². The zero-order valence-corrected chi connectivity index (χ0v) is 20.5. The lowest BCUT2D eigenvalue weighted by Crippen LogP contribution is -2.47. The van der Waals surface area contributed by atoms with Gasteiger partial charge in [0.25, 0.3) is 10.0 Å². The van der Waals surface area contributed by atoms with Crippen LogP contribution < -0.4 is 9.47 Å². The molecule has 1 fully saturated rings. The highest BCUT2D eigenvalue weighted by Gasteiger charge is 2.36. The topological polar surface area (TPSA) is 102 Å². The summed E-state index contributed by atoms with van der Waals surface area (Å²) in [5.74, 6) is -0.308. The normalized spacial score (nSPS) is 16.8. The number of hydrogen-bond acceptors (Lipinski definition) is 8. The highest BCUT2D eigenvalue weighted by Crippen LogP contribution is 2.28. The largest absolute Gasteiger partial charge is 0.497 e. The van der Waals surface area contributed by atoms with Crippen molar-refractivity contribution >= 4 is 33.2 Å². The van der Waals surface area contributed by atoms with Gasteiger partial charge in [-0.3, -0.25) is 9.59 Å². The van der Waals surface area contributed by atoms with Gasteiger partial charge in [0, 0.05) is 25.7 Å². The number of amides is 1. The number of esters is 1. The molecule has 1 aliphatic heterocycles. The van der Waals surface area contributed by atoms with E-state index in [2.05, 4.69) is 0 Å². The van der Waals surface area contributed by atoms with Crippen LogP contribution in [0, 0.1) is 5.92 Å². The fourth-order valence-electron chi connectivity index (χ4n) is 3.77. The van der Waals surface area contributed by atoms with Crippen molar-refractivity contribution in [1.29, 1.82) is 0 Å². The first kappa shape index (κ1) is 25.0. The number of benzene rings is 1. The first-order valence-corrected chi connectivity index (χ1v) is 12.7. The summed E-state index contributed by atoms with van der Waals surface area (Å²) in [5, 5.41) is 1.71. The third kappa shape index (κ3) is 6.04. The Bertz CT molecular complexity index is 1050. The van der Waals surface area contributed by atoms with Crippen LogP contribution in [0.1, 0.15) is 18.4 Å². The van der Waals surface area contributed by atoms with E-state index in [1.165, 1.54) is 30.5 Å². The quantitative estimate of drug-likeness (QED) is 0.491. The number of carbonyl (C=O) groups is 2. The molecule has 33 heavy (non-hydrogen) atoms. The molecule has 0 aliphatic carbocycles. The third-order valence-corrected chi connectivity index (χ3v) is 8.70. The summed E-state index contributed by atoms with van der Waals surface area (Å²) in [6.45, 7) is 0.297. The van der Waals surface area contributed by atoms with Crippen molar-refractivity contribution < 1.29 is 32.2 Å². The Hall–Kier alpha value is -2.63. The van der Waals surface area contributed by atoms with Gasteiger partial charge in [-0.15, -0.1) is 11.3 Å². The van der Waals surface area contributed by atoms with E-state index < -0.39 is 21.9 Å². The van der Waals surface area contributed by atoms with Crippen LogP contribution in [-0.4, -0.2) is 70.5 Å². The van der Waals surface area contributed by atoms with Gasteiger partial charge in [0.2, 0.25) is 5.91 Å². The molecular weight excluding hydrogens is 468 g/mol. The van der Waals surface area contributed by atoms with E-state index >= 15 is 0 Å². The second-order valence-electron chi connectivity index (χ2n) is 7.63. The number of piperidine rings is 1. The minimum atomic E-state index is -3.66. The Balaban J connectivity index is 1.82. The van der Waals surface area contributed by atoms with Crippen LogP contribution in [0.5, 0.6) is 11.5 Å². The molecule has 180 valence electrons. The lowest BCUT2D eigenvalue weighted by atomic mass is 9.97. The molecule has 9 nitrogen and oxygen atoms in total. The summed E-state index contributed by atoms with van der Waals surface area (Å²) in [4.78, 5) is 26.9. The van der Waals surface area contributed by atoms with Gasteiger partial charge in [-0.2, -0.15) is 4.31 Å². The van der Waals surface area contributed by atoms with Gasteiger partial charge in [-0.1, -0.05) is 6.07 Å². The smallest absolute Gasteiger partial charge is 0.325 e. The average molecular weight is 497 g/mol. The molecule has 0 saturated carbocycles. The van der Waals surface area contributed by atoms with Crippen molar-refractivity contribution in [2.24, 2.45) is 5.92 Å². The van der Waals surface area contributed by atoms with Gasteiger partial charge in [0.15, 0.2) is 0 Å². The van der Waals surface area contributed by atoms with Crippen molar-refractivity contribution in [2.75, 3.05) is 41.0 Å². The molecule has 1 aliphatic rings. The maximum Gasteiger partial charge on any atom is 0.325 e. The Morgan fingerprint density at radius 2 is 1.85 bits per heavy atom. The molecule has 0 spiro atoms. The number of nitrogens with zero attached hydrogens (tertiary/aromatic N) is 2. The van der Waals surface area contributed by atoms with E-state index in [1.807, 2.05) is 0 Å². The van der Waals surface area contributed by atoms with Gasteiger partial charge in [0.1, 0.15) is 22.3 Å². The van der Waals surface area contributed by atoms with Crippen LogP contribution in [0.3, 0.4) is 0 Å². The molecular formula is C22H28N2O7S2. The molecule has 2 aromatic rings. The maximum atomic E-state index is 13.5. The van der Waals surface area contributed by atoms with Crippen molar-refractivity contribution in [3.8, 4) is 11.5 Å². The number of ether oxygens (including phenoxy) is 3. The number of carbonyl (C=O) groups excluding carboxylic acids is 2. The lowest BCUT2D eigenvalue weighted by molar-refractivity contribution is -0.149. The van der Waals surface area contributed by atoms with Crippen LogP contribution in [0.25, 0.3) is 0 Å². The minimum Gasteiger partial charge on any atom is -0.497 e. The van der Waals surface area contributed by atoms with E-state index in [4.69, 9.17) is 14.2 Å². The zero-order chi connectivity index (χ0) is 24.0. The number of thiophene rings is 1. The molecule has 1 aromatic heterocycles. The molecule has 1 unspecified atom stereocenters. The van der Waals surface area contributed by atoms with Crippen molar-refractivity contribution in [3.63, 3.8) is 0 Å². The highest BCUT2D eigenvalue weighted by atomic mass is 32.2. The van der Waals surface area contributed by atoms with E-state index in [1.54, 1.807) is 35.7 Å². The number of methoxy groups -OCH3 is 3. The van der Waals surface area contributed by atoms with E-state index in [0.717, 1.165) is 11.3 Å².